The van der Waals surface area contributed by atoms with Crippen LogP contribution in [-0.4, -0.2) is 86.9 Å². The molecule has 4 aliphatic rings. The van der Waals surface area contributed by atoms with Gasteiger partial charge in [-0.1, -0.05) is 0 Å². The number of amides is 3. The van der Waals surface area contributed by atoms with Gasteiger partial charge in [0.25, 0.3) is 17.6 Å². The number of hydrogen-bond acceptors (Lipinski definition) is 9. The molecule has 16 heteroatoms. The summed E-state index contributed by atoms with van der Waals surface area (Å²) in [5, 5.41) is 2.40. The number of rotatable bonds is 6. The summed E-state index contributed by atoms with van der Waals surface area (Å²) >= 11 is 0. The molecule has 2 fully saturated rings. The summed E-state index contributed by atoms with van der Waals surface area (Å²) in [5.74, 6) is 6.13. The number of carbonyl (C=O) groups excluding carboxylic acids is 3. The average Bonchev–Trinajstić information content (AvgIpc) is 3.43. The summed E-state index contributed by atoms with van der Waals surface area (Å²) in [6.45, 7) is 0.767. The van der Waals surface area contributed by atoms with Gasteiger partial charge in [-0.2, -0.15) is 24.0 Å². The second-order valence-electron chi connectivity index (χ2n) is 12.3. The number of alkyl halides is 3. The minimum atomic E-state index is -4.60. The number of nitrogens with two attached hydrogens (primary N) is 1. The van der Waals surface area contributed by atoms with Crippen molar-refractivity contribution in [2.24, 2.45) is 21.7 Å². The number of quaternary nitrogens is 1. The molecule has 2 saturated heterocycles. The Morgan fingerprint density at radius 3 is 2.60 bits per heavy atom. The fraction of sp³-hybridized carbons (Fsp3) is 0.265. The molecule has 0 bridgehead atoms. The standard InChI is InChI=1S/C34H30F3N9O4/c1-50-27-14-21(32(48)42-28-15-23(8-11-41-28)34(35,36)37)3-5-25(27)31-43-30(26-16-40-12-13-46(26,31)38)22-2-4-24-18-44(19-29(47)45(24)17-22)33(49)20-6-9-39-10-7-20/h3,5-16,22,24H,2,4,17-19,38H2,1H3/p+1/t22-,24+,46?/m1/s1. The predicted molar refractivity (Wildman–Crippen MR) is 174 cm³/mol. The maximum atomic E-state index is 13.4. The van der Waals surface area contributed by atoms with Crippen molar-refractivity contribution in [3.05, 3.63) is 107 Å². The van der Waals surface area contributed by atoms with Crippen LogP contribution in [0.5, 0.6) is 5.75 Å². The first-order chi connectivity index (χ1) is 24.0. The topological polar surface area (TPSA) is 155 Å². The van der Waals surface area contributed by atoms with E-state index in [1.54, 1.807) is 54.1 Å². The van der Waals surface area contributed by atoms with Gasteiger partial charge in [0.1, 0.15) is 35.6 Å². The lowest BCUT2D eigenvalue weighted by molar-refractivity contribution is -0.750. The van der Waals surface area contributed by atoms with Gasteiger partial charge in [-0.15, -0.1) is 4.59 Å². The maximum Gasteiger partial charge on any atom is 0.416 e. The summed E-state index contributed by atoms with van der Waals surface area (Å²) in [6, 6.07) is 9.23. The van der Waals surface area contributed by atoms with Crippen molar-refractivity contribution in [1.82, 2.24) is 19.8 Å². The monoisotopic (exact) mass is 686 g/mol. The van der Waals surface area contributed by atoms with Crippen LogP contribution >= 0.6 is 0 Å². The normalized spacial score (nSPS) is 23.0. The number of aromatic nitrogens is 2. The summed E-state index contributed by atoms with van der Waals surface area (Å²) in [5.41, 5.74) is 1.40. The molecule has 50 heavy (non-hydrogen) atoms. The largest absolute Gasteiger partial charge is 0.496 e. The summed E-state index contributed by atoms with van der Waals surface area (Å²) in [4.78, 5) is 60.1. The number of ether oxygens (including phenoxy) is 1. The number of pyridine rings is 2. The zero-order chi connectivity index (χ0) is 35.2. The van der Waals surface area contributed by atoms with Crippen molar-refractivity contribution >= 4 is 35.6 Å². The first-order valence-electron chi connectivity index (χ1n) is 15.7. The Balaban J connectivity index is 1.12. The number of piperazine rings is 1. The first-order valence-corrected chi connectivity index (χ1v) is 15.7. The summed E-state index contributed by atoms with van der Waals surface area (Å²) in [6.07, 6.45) is 5.65. The van der Waals surface area contributed by atoms with Crippen LogP contribution in [0.3, 0.4) is 0 Å². The van der Waals surface area contributed by atoms with E-state index in [4.69, 9.17) is 15.6 Å². The van der Waals surface area contributed by atoms with Crippen LogP contribution in [-0.2, 0) is 11.0 Å². The zero-order valence-electron chi connectivity index (χ0n) is 26.7. The molecule has 0 spiro atoms. The van der Waals surface area contributed by atoms with Gasteiger partial charge in [-0.25, -0.2) is 4.98 Å². The number of allylic oxidation sites excluding steroid dienone is 1. The maximum absolute atomic E-state index is 13.4. The molecule has 3 aromatic rings. The molecule has 256 valence electrons. The van der Waals surface area contributed by atoms with E-state index in [0.717, 1.165) is 18.3 Å². The number of nitrogens with one attached hydrogen (secondary N) is 1. The number of carbonyl (C=O) groups is 3. The molecule has 3 N–H and O–H groups in total. The van der Waals surface area contributed by atoms with Crippen LogP contribution in [0.15, 0.2) is 94.8 Å². The smallest absolute Gasteiger partial charge is 0.416 e. The van der Waals surface area contributed by atoms with Crippen molar-refractivity contribution < 1.29 is 36.9 Å². The minimum absolute atomic E-state index is 0.0349. The van der Waals surface area contributed by atoms with Crippen LogP contribution in [0.2, 0.25) is 0 Å². The third-order valence-electron chi connectivity index (χ3n) is 9.24. The molecule has 1 unspecified atom stereocenters. The van der Waals surface area contributed by atoms with Crippen molar-refractivity contribution in [3.63, 3.8) is 0 Å². The van der Waals surface area contributed by atoms with Gasteiger partial charge in [-0.3, -0.25) is 24.4 Å². The Hall–Kier alpha value is -5.74. The number of fused-ring (bicyclic) bond motifs is 2. The van der Waals surface area contributed by atoms with Gasteiger partial charge in [0, 0.05) is 54.8 Å². The van der Waals surface area contributed by atoms with E-state index in [0.29, 0.717) is 54.3 Å². The minimum Gasteiger partial charge on any atom is -0.496 e. The summed E-state index contributed by atoms with van der Waals surface area (Å²) < 4.78 is 44.8. The Morgan fingerprint density at radius 2 is 1.84 bits per heavy atom. The van der Waals surface area contributed by atoms with E-state index in [1.165, 1.54) is 19.2 Å². The number of halogens is 3. The molecular weight excluding hydrogens is 655 g/mol. The lowest BCUT2D eigenvalue weighted by atomic mass is 9.88. The highest BCUT2D eigenvalue weighted by Crippen LogP contribution is 2.41. The molecule has 2 aromatic heterocycles. The molecule has 13 nitrogen and oxygen atoms in total. The van der Waals surface area contributed by atoms with Crippen molar-refractivity contribution in [2.45, 2.75) is 25.1 Å². The number of anilines is 1. The van der Waals surface area contributed by atoms with Crippen molar-refractivity contribution in [1.29, 1.82) is 0 Å². The van der Waals surface area contributed by atoms with Gasteiger partial charge in [0.15, 0.2) is 0 Å². The predicted octanol–water partition coefficient (Wildman–Crippen LogP) is 3.74. The highest BCUT2D eigenvalue weighted by atomic mass is 19.4. The molecule has 0 aliphatic carbocycles. The number of nitrogens with zero attached hydrogens (tertiary/aromatic N) is 7. The lowest BCUT2D eigenvalue weighted by Crippen LogP contribution is -2.60. The van der Waals surface area contributed by atoms with E-state index in [9.17, 15) is 27.6 Å². The fourth-order valence-electron chi connectivity index (χ4n) is 6.72. The number of hydrogen-bond donors (Lipinski definition) is 2. The molecule has 3 atom stereocenters. The average molecular weight is 687 g/mol. The number of methoxy groups -OCH3 is 1. The number of benzene rings is 1. The van der Waals surface area contributed by atoms with E-state index in [-0.39, 0.29) is 52.0 Å². The van der Waals surface area contributed by atoms with E-state index < -0.39 is 17.6 Å². The van der Waals surface area contributed by atoms with Gasteiger partial charge < -0.3 is 19.9 Å². The van der Waals surface area contributed by atoms with Crippen LogP contribution in [0.25, 0.3) is 0 Å². The SMILES string of the molecule is COc1cc(C(=O)Nc2cc(C(F)(F)F)ccn2)ccc1C1=NC([C@@H]2CC[C@H]3CN(C(=O)c4ccncc4)CC(=O)N3C2)=C2C=NC=C[N+]12N. The van der Waals surface area contributed by atoms with Gasteiger partial charge >= 0.3 is 6.18 Å². The Labute approximate surface area is 283 Å². The second-order valence-corrected chi connectivity index (χ2v) is 12.3. The third kappa shape index (κ3) is 5.92. The summed E-state index contributed by atoms with van der Waals surface area (Å²) in [7, 11) is 1.42. The number of aliphatic imine (C=N–C) groups is 2. The molecule has 6 heterocycles. The first kappa shape index (κ1) is 32.8. The van der Waals surface area contributed by atoms with Gasteiger partial charge in [0.2, 0.25) is 11.6 Å². The van der Waals surface area contributed by atoms with Crippen LogP contribution in [0.1, 0.15) is 44.7 Å². The number of piperidine rings is 1. The van der Waals surface area contributed by atoms with Gasteiger partial charge in [-0.05, 0) is 55.3 Å². The van der Waals surface area contributed by atoms with Crippen LogP contribution in [0, 0.1) is 5.92 Å². The quantitative estimate of drug-likeness (QED) is 0.296. The molecule has 7 rings (SSSR count). The van der Waals surface area contributed by atoms with E-state index in [2.05, 4.69) is 20.3 Å². The Kier molecular flexibility index (Phi) is 8.27. The lowest BCUT2D eigenvalue weighted by Gasteiger charge is -2.45. The molecule has 3 amide bonds. The molecular formula is C34H31F3N9O4+. The van der Waals surface area contributed by atoms with Crippen LogP contribution < -0.4 is 15.9 Å². The van der Waals surface area contributed by atoms with Gasteiger partial charge in [0.05, 0.1) is 25.1 Å². The fourth-order valence-corrected chi connectivity index (χ4v) is 6.72. The second kappa shape index (κ2) is 12.6. The molecule has 1 aromatic carbocycles. The van der Waals surface area contributed by atoms with Crippen molar-refractivity contribution in [2.75, 3.05) is 32.1 Å². The van der Waals surface area contributed by atoms with Crippen LogP contribution in [0.4, 0.5) is 19.0 Å². The molecule has 4 aliphatic heterocycles. The molecule has 0 radical (unpaired) electrons. The van der Waals surface area contributed by atoms with E-state index in [1.807, 2.05) is 4.90 Å². The zero-order valence-corrected chi connectivity index (χ0v) is 26.7. The Morgan fingerprint density at radius 1 is 1.04 bits per heavy atom. The molecule has 0 saturated carbocycles. The highest BCUT2D eigenvalue weighted by molar-refractivity contribution is 6.07. The third-order valence-corrected chi connectivity index (χ3v) is 9.24. The van der Waals surface area contributed by atoms with Crippen molar-refractivity contribution in [3.8, 4) is 5.75 Å². The highest BCUT2D eigenvalue weighted by Gasteiger charge is 2.49. The van der Waals surface area contributed by atoms with E-state index >= 15 is 0 Å². The Bertz CT molecular complexity index is 2010. The number of amidine groups is 1.